The Morgan fingerprint density at radius 1 is 1.62 bits per heavy atom. The lowest BCUT2D eigenvalue weighted by Gasteiger charge is -1.94. The van der Waals surface area contributed by atoms with Crippen molar-refractivity contribution in [3.8, 4) is 0 Å². The number of allylic oxidation sites excluding steroid dienone is 2. The summed E-state index contributed by atoms with van der Waals surface area (Å²) in [4.78, 5) is 0. The molecule has 0 N–H and O–H groups in total. The second-order valence-electron chi connectivity index (χ2n) is 1.46. The van der Waals surface area contributed by atoms with Gasteiger partial charge in [-0.1, -0.05) is 12.2 Å². The Morgan fingerprint density at radius 3 is 2.62 bits per heavy atom. The van der Waals surface area contributed by atoms with E-state index in [0.29, 0.717) is 0 Å². The van der Waals surface area contributed by atoms with Crippen LogP contribution in [0.3, 0.4) is 0 Å². The van der Waals surface area contributed by atoms with E-state index >= 15 is 0 Å². The molecule has 0 nitrogen and oxygen atoms in total. The fourth-order valence-corrected chi connectivity index (χ4v) is 0.307. The van der Waals surface area contributed by atoms with Gasteiger partial charge in [-0.05, 0) is 13.3 Å². The third-order valence-electron chi connectivity index (χ3n) is 0.726. The van der Waals surface area contributed by atoms with E-state index in [4.69, 9.17) is 0 Å². The fourth-order valence-electron chi connectivity index (χ4n) is 0.307. The number of alkyl halides is 2. The van der Waals surface area contributed by atoms with Gasteiger partial charge in [0.25, 0.3) is 0 Å². The Kier molecular flexibility index (Phi) is 4.51. The molecule has 1 atom stereocenters. The summed E-state index contributed by atoms with van der Waals surface area (Å²) >= 11 is 0. The minimum absolute atomic E-state index is 0.139. The molecule has 0 saturated heterocycles. The van der Waals surface area contributed by atoms with Crippen molar-refractivity contribution in [1.29, 1.82) is 0 Å². The molecule has 1 unspecified atom stereocenters. The van der Waals surface area contributed by atoms with Crippen molar-refractivity contribution in [2.24, 2.45) is 0 Å². The molecule has 0 saturated carbocycles. The number of halogens is 2. The monoisotopic (exact) mass is 119 g/mol. The van der Waals surface area contributed by atoms with Crippen molar-refractivity contribution in [3.63, 3.8) is 0 Å². The molecule has 0 aromatic heterocycles. The molecule has 0 bridgehead atoms. The second-order valence-corrected chi connectivity index (χ2v) is 1.46. The number of hydrogen-bond acceptors (Lipinski definition) is 0. The molecule has 2 heteroatoms. The Hall–Kier alpha value is -0.400. The van der Waals surface area contributed by atoms with E-state index in [1.54, 1.807) is 0 Å². The summed E-state index contributed by atoms with van der Waals surface area (Å²) in [6, 6.07) is 0. The van der Waals surface area contributed by atoms with E-state index in [1.165, 1.54) is 12.2 Å². The second kappa shape index (κ2) is 4.75. The quantitative estimate of drug-likeness (QED) is 0.533. The van der Waals surface area contributed by atoms with Crippen LogP contribution in [0.15, 0.2) is 12.2 Å². The minimum Gasteiger partial charge on any atom is -0.248 e. The summed E-state index contributed by atoms with van der Waals surface area (Å²) in [7, 11) is 0. The normalized spacial score (nSPS) is 14.9. The van der Waals surface area contributed by atoms with Gasteiger partial charge in [0.1, 0.15) is 12.8 Å². The summed E-state index contributed by atoms with van der Waals surface area (Å²) < 4.78 is 23.1. The van der Waals surface area contributed by atoms with Crippen LogP contribution in [-0.4, -0.2) is 12.8 Å². The summed E-state index contributed by atoms with van der Waals surface area (Å²) in [5, 5.41) is 0. The highest BCUT2D eigenvalue weighted by atomic mass is 19.2. The van der Waals surface area contributed by atoms with Crippen LogP contribution in [0.25, 0.3) is 0 Å². The SMILES string of the molecule is [CH2]/C=C/CC(F)CF. The molecule has 47 valence electrons. The maximum Gasteiger partial charge on any atom is 0.132 e. The molecule has 0 aliphatic heterocycles. The summed E-state index contributed by atoms with van der Waals surface area (Å²) in [5.41, 5.74) is 0. The van der Waals surface area contributed by atoms with Gasteiger partial charge in [0.15, 0.2) is 0 Å². The van der Waals surface area contributed by atoms with Gasteiger partial charge in [-0.3, -0.25) is 0 Å². The summed E-state index contributed by atoms with van der Waals surface area (Å²) in [5.74, 6) is 0. The van der Waals surface area contributed by atoms with Crippen molar-refractivity contribution in [2.75, 3.05) is 6.67 Å². The highest BCUT2D eigenvalue weighted by Gasteiger charge is 1.99. The maximum atomic E-state index is 11.9. The topological polar surface area (TPSA) is 0 Å². The molecule has 0 aromatic rings. The number of hydrogen-bond donors (Lipinski definition) is 0. The Morgan fingerprint density at radius 2 is 2.25 bits per heavy atom. The lowest BCUT2D eigenvalue weighted by atomic mass is 10.3. The standard InChI is InChI=1S/C6H9F2/c1-2-3-4-6(8)5-7/h2-3,6H,1,4-5H2/b3-2+. The predicted octanol–water partition coefficient (Wildman–Crippen LogP) is 2.07. The van der Waals surface area contributed by atoms with Crippen LogP contribution in [0.2, 0.25) is 0 Å². The van der Waals surface area contributed by atoms with Crippen LogP contribution in [0.4, 0.5) is 8.78 Å². The molecular weight excluding hydrogens is 110 g/mol. The first-order chi connectivity index (χ1) is 3.81. The van der Waals surface area contributed by atoms with Gasteiger partial charge in [-0.15, -0.1) is 0 Å². The number of rotatable bonds is 3. The first-order valence-electron chi connectivity index (χ1n) is 2.45. The molecule has 0 rings (SSSR count). The summed E-state index contributed by atoms with van der Waals surface area (Å²) in [6.07, 6.45) is 1.76. The van der Waals surface area contributed by atoms with Gasteiger partial charge in [-0.25, -0.2) is 8.78 Å². The zero-order valence-corrected chi connectivity index (χ0v) is 4.61. The average Bonchev–Trinajstić information content (AvgIpc) is 1.83. The molecule has 0 heterocycles. The largest absolute Gasteiger partial charge is 0.248 e. The van der Waals surface area contributed by atoms with E-state index in [1.807, 2.05) is 0 Å². The van der Waals surface area contributed by atoms with Crippen LogP contribution in [0.5, 0.6) is 0 Å². The molecule has 0 fully saturated rings. The lowest BCUT2D eigenvalue weighted by Crippen LogP contribution is -1.98. The van der Waals surface area contributed by atoms with Crippen molar-refractivity contribution in [1.82, 2.24) is 0 Å². The summed E-state index contributed by atoms with van der Waals surface area (Å²) in [6.45, 7) is 2.42. The Bertz CT molecular complexity index is 68.9. The molecule has 0 aliphatic rings. The van der Waals surface area contributed by atoms with Crippen LogP contribution in [-0.2, 0) is 0 Å². The molecule has 0 aliphatic carbocycles. The zero-order chi connectivity index (χ0) is 6.41. The highest BCUT2D eigenvalue weighted by molar-refractivity contribution is 4.85. The van der Waals surface area contributed by atoms with E-state index in [0.717, 1.165) is 0 Å². The Balaban J connectivity index is 3.10. The van der Waals surface area contributed by atoms with Crippen molar-refractivity contribution in [3.05, 3.63) is 19.1 Å². The van der Waals surface area contributed by atoms with Gasteiger partial charge in [-0.2, -0.15) is 0 Å². The third-order valence-corrected chi connectivity index (χ3v) is 0.726. The first-order valence-corrected chi connectivity index (χ1v) is 2.45. The predicted molar refractivity (Wildman–Crippen MR) is 30.0 cm³/mol. The third kappa shape index (κ3) is 3.78. The molecule has 1 radical (unpaired) electrons. The molecule has 0 amide bonds. The average molecular weight is 119 g/mol. The van der Waals surface area contributed by atoms with Gasteiger partial charge < -0.3 is 0 Å². The van der Waals surface area contributed by atoms with Crippen molar-refractivity contribution >= 4 is 0 Å². The molecule has 8 heavy (non-hydrogen) atoms. The first kappa shape index (κ1) is 7.60. The van der Waals surface area contributed by atoms with Crippen LogP contribution in [0, 0.1) is 6.92 Å². The molecule has 0 spiro atoms. The fraction of sp³-hybridized carbons (Fsp3) is 0.500. The van der Waals surface area contributed by atoms with Crippen molar-refractivity contribution < 1.29 is 8.78 Å². The molecular formula is C6H9F2. The zero-order valence-electron chi connectivity index (χ0n) is 4.61. The Labute approximate surface area is 48.2 Å². The van der Waals surface area contributed by atoms with Crippen molar-refractivity contribution in [2.45, 2.75) is 12.6 Å². The van der Waals surface area contributed by atoms with Gasteiger partial charge >= 0.3 is 0 Å². The van der Waals surface area contributed by atoms with Gasteiger partial charge in [0.05, 0.1) is 0 Å². The van der Waals surface area contributed by atoms with Crippen LogP contribution in [0.1, 0.15) is 6.42 Å². The van der Waals surface area contributed by atoms with E-state index in [-0.39, 0.29) is 6.42 Å². The minimum atomic E-state index is -1.34. The van der Waals surface area contributed by atoms with Gasteiger partial charge in [0, 0.05) is 0 Å². The van der Waals surface area contributed by atoms with Crippen LogP contribution >= 0.6 is 0 Å². The lowest BCUT2D eigenvalue weighted by molar-refractivity contribution is 0.263. The van der Waals surface area contributed by atoms with E-state index in [9.17, 15) is 8.78 Å². The highest BCUT2D eigenvalue weighted by Crippen LogP contribution is 1.98. The maximum absolute atomic E-state index is 11.9. The van der Waals surface area contributed by atoms with E-state index < -0.39 is 12.8 Å². The smallest absolute Gasteiger partial charge is 0.132 e. The van der Waals surface area contributed by atoms with Crippen LogP contribution < -0.4 is 0 Å². The van der Waals surface area contributed by atoms with E-state index in [2.05, 4.69) is 6.92 Å². The van der Waals surface area contributed by atoms with Gasteiger partial charge in [0.2, 0.25) is 0 Å². The molecule has 0 aromatic carbocycles.